The summed E-state index contributed by atoms with van der Waals surface area (Å²) in [6.07, 6.45) is 6.07. The molecule has 2 aromatic rings. The topological polar surface area (TPSA) is 66.4 Å². The van der Waals surface area contributed by atoms with E-state index in [1.807, 2.05) is 30.3 Å². The molecule has 6 nitrogen and oxygen atoms in total. The highest BCUT2D eigenvalue weighted by molar-refractivity contribution is 7.88. The number of aryl methyl sites for hydroxylation is 1. The summed E-state index contributed by atoms with van der Waals surface area (Å²) in [5.41, 5.74) is 3.26. The van der Waals surface area contributed by atoms with Crippen LogP contribution in [-0.2, 0) is 28.6 Å². The fourth-order valence-electron chi connectivity index (χ4n) is 3.83. The second-order valence-electron chi connectivity index (χ2n) is 6.96. The van der Waals surface area contributed by atoms with Gasteiger partial charge in [0, 0.05) is 37.4 Å². The molecule has 0 unspecified atom stereocenters. The number of hydrogen-bond acceptors (Lipinski definition) is 5. The third-order valence-corrected chi connectivity index (χ3v) is 7.08. The van der Waals surface area contributed by atoms with E-state index in [4.69, 9.17) is 0 Å². The van der Waals surface area contributed by atoms with Crippen LogP contribution in [-0.4, -0.2) is 48.9 Å². The van der Waals surface area contributed by atoms with E-state index in [1.165, 1.54) is 24.1 Å². The average molecular weight is 372 g/mol. The Labute approximate surface area is 154 Å². The van der Waals surface area contributed by atoms with Gasteiger partial charge in [0.05, 0.1) is 5.75 Å². The van der Waals surface area contributed by atoms with Crippen LogP contribution in [0.1, 0.15) is 29.7 Å². The van der Waals surface area contributed by atoms with Crippen molar-refractivity contribution in [2.45, 2.75) is 31.4 Å². The predicted molar refractivity (Wildman–Crippen MR) is 102 cm³/mol. The van der Waals surface area contributed by atoms with Gasteiger partial charge in [0.1, 0.15) is 12.1 Å². The van der Waals surface area contributed by atoms with Gasteiger partial charge in [0.25, 0.3) is 0 Å². The van der Waals surface area contributed by atoms with Crippen LogP contribution in [0.25, 0.3) is 0 Å². The van der Waals surface area contributed by atoms with Crippen molar-refractivity contribution in [3.8, 4) is 0 Å². The zero-order valence-electron chi connectivity index (χ0n) is 14.8. The Kier molecular flexibility index (Phi) is 4.91. The molecule has 1 fully saturated rings. The summed E-state index contributed by atoms with van der Waals surface area (Å²) >= 11 is 0. The van der Waals surface area contributed by atoms with Gasteiger partial charge in [-0.15, -0.1) is 0 Å². The number of anilines is 1. The molecule has 1 saturated heterocycles. The van der Waals surface area contributed by atoms with Crippen LogP contribution in [0.3, 0.4) is 0 Å². The molecule has 2 aliphatic rings. The Morgan fingerprint density at radius 1 is 0.923 bits per heavy atom. The van der Waals surface area contributed by atoms with Crippen molar-refractivity contribution in [1.29, 1.82) is 0 Å². The minimum atomic E-state index is -3.29. The standard InChI is InChI=1S/C19H24N4O2S/c24-26(25,14-16-6-2-1-3-7-16)23-12-10-22(11-13-23)19-17-8-4-5-9-18(17)20-15-21-19/h1-3,6-7,15H,4-5,8-14H2. The summed E-state index contributed by atoms with van der Waals surface area (Å²) in [5.74, 6) is 1.08. The zero-order valence-corrected chi connectivity index (χ0v) is 15.7. The van der Waals surface area contributed by atoms with E-state index in [0.29, 0.717) is 26.2 Å². The van der Waals surface area contributed by atoms with Crippen molar-refractivity contribution in [1.82, 2.24) is 14.3 Å². The fraction of sp³-hybridized carbons (Fsp3) is 0.474. The second kappa shape index (κ2) is 7.32. The molecule has 1 aromatic heterocycles. The maximum atomic E-state index is 12.7. The molecule has 0 spiro atoms. The van der Waals surface area contributed by atoms with E-state index >= 15 is 0 Å². The van der Waals surface area contributed by atoms with Gasteiger partial charge >= 0.3 is 0 Å². The van der Waals surface area contributed by atoms with Crippen LogP contribution in [0, 0.1) is 0 Å². The summed E-state index contributed by atoms with van der Waals surface area (Å²) in [6.45, 7) is 2.37. The summed E-state index contributed by atoms with van der Waals surface area (Å²) in [6, 6.07) is 9.38. The number of rotatable bonds is 4. The molecule has 1 aromatic carbocycles. The molecule has 0 atom stereocenters. The average Bonchev–Trinajstić information content (AvgIpc) is 2.68. The molecule has 7 heteroatoms. The first-order valence-electron chi connectivity index (χ1n) is 9.23. The van der Waals surface area contributed by atoms with Crippen molar-refractivity contribution in [3.05, 3.63) is 53.5 Å². The third-order valence-electron chi connectivity index (χ3n) is 5.23. The Hall–Kier alpha value is -1.99. The van der Waals surface area contributed by atoms with Gasteiger partial charge in [-0.25, -0.2) is 18.4 Å². The molecule has 4 rings (SSSR count). The smallest absolute Gasteiger partial charge is 0.218 e. The van der Waals surface area contributed by atoms with E-state index in [0.717, 1.165) is 24.2 Å². The van der Waals surface area contributed by atoms with Crippen LogP contribution in [0.2, 0.25) is 0 Å². The Morgan fingerprint density at radius 2 is 1.65 bits per heavy atom. The number of nitrogens with zero attached hydrogens (tertiary/aromatic N) is 4. The van der Waals surface area contributed by atoms with Gasteiger partial charge in [-0.05, 0) is 31.2 Å². The highest BCUT2D eigenvalue weighted by atomic mass is 32.2. The maximum Gasteiger partial charge on any atom is 0.218 e. The molecular weight excluding hydrogens is 348 g/mol. The van der Waals surface area contributed by atoms with Crippen molar-refractivity contribution >= 4 is 15.8 Å². The van der Waals surface area contributed by atoms with Crippen LogP contribution in [0.4, 0.5) is 5.82 Å². The monoisotopic (exact) mass is 372 g/mol. The predicted octanol–water partition coefficient (Wildman–Crippen LogP) is 2.01. The summed E-state index contributed by atoms with van der Waals surface area (Å²) in [4.78, 5) is 11.2. The van der Waals surface area contributed by atoms with Gasteiger partial charge in [-0.2, -0.15) is 4.31 Å². The Morgan fingerprint density at radius 3 is 2.42 bits per heavy atom. The number of fused-ring (bicyclic) bond motifs is 1. The van der Waals surface area contributed by atoms with Crippen molar-refractivity contribution < 1.29 is 8.42 Å². The van der Waals surface area contributed by atoms with E-state index in [9.17, 15) is 8.42 Å². The Balaban J connectivity index is 1.45. The minimum absolute atomic E-state index is 0.0662. The first-order valence-corrected chi connectivity index (χ1v) is 10.8. The number of piperazine rings is 1. The van der Waals surface area contributed by atoms with Crippen molar-refractivity contribution in [2.75, 3.05) is 31.1 Å². The Bertz CT molecular complexity index is 862. The molecule has 0 N–H and O–H groups in total. The van der Waals surface area contributed by atoms with Crippen LogP contribution < -0.4 is 4.90 Å². The summed E-state index contributed by atoms with van der Waals surface area (Å²) in [5, 5.41) is 0. The highest BCUT2D eigenvalue weighted by Gasteiger charge is 2.29. The fourth-order valence-corrected chi connectivity index (χ4v) is 5.35. The highest BCUT2D eigenvalue weighted by Crippen LogP contribution is 2.28. The van der Waals surface area contributed by atoms with E-state index in [1.54, 1.807) is 10.6 Å². The lowest BCUT2D eigenvalue weighted by Crippen LogP contribution is -2.49. The molecule has 0 radical (unpaired) electrons. The molecule has 1 aliphatic carbocycles. The SMILES string of the molecule is O=S(=O)(Cc1ccccc1)N1CCN(c2ncnc3c2CCCC3)CC1. The van der Waals surface area contributed by atoms with Crippen molar-refractivity contribution in [2.24, 2.45) is 0 Å². The molecule has 138 valence electrons. The first-order chi connectivity index (χ1) is 12.6. The number of benzene rings is 1. The van der Waals surface area contributed by atoms with E-state index in [2.05, 4.69) is 14.9 Å². The zero-order chi connectivity index (χ0) is 18.0. The lowest BCUT2D eigenvalue weighted by atomic mass is 9.96. The lowest BCUT2D eigenvalue weighted by Gasteiger charge is -2.36. The van der Waals surface area contributed by atoms with Crippen LogP contribution >= 0.6 is 0 Å². The van der Waals surface area contributed by atoms with Gasteiger partial charge in [-0.3, -0.25) is 0 Å². The number of sulfonamides is 1. The summed E-state index contributed by atoms with van der Waals surface area (Å²) < 4.78 is 27.0. The van der Waals surface area contributed by atoms with Gasteiger partial charge in [0.15, 0.2) is 0 Å². The normalized spacial score (nSPS) is 18.5. The van der Waals surface area contributed by atoms with Gasteiger partial charge < -0.3 is 4.90 Å². The molecule has 26 heavy (non-hydrogen) atoms. The lowest BCUT2D eigenvalue weighted by molar-refractivity contribution is 0.382. The van der Waals surface area contributed by atoms with Gasteiger partial charge in [0.2, 0.25) is 10.0 Å². The molecule has 1 aliphatic heterocycles. The molecular formula is C19H24N4O2S. The van der Waals surface area contributed by atoms with E-state index in [-0.39, 0.29) is 5.75 Å². The number of aromatic nitrogens is 2. The molecule has 0 saturated carbocycles. The maximum absolute atomic E-state index is 12.7. The van der Waals surface area contributed by atoms with E-state index < -0.39 is 10.0 Å². The van der Waals surface area contributed by atoms with Gasteiger partial charge in [-0.1, -0.05) is 30.3 Å². The molecule has 0 amide bonds. The molecule has 0 bridgehead atoms. The van der Waals surface area contributed by atoms with Crippen LogP contribution in [0.5, 0.6) is 0 Å². The third kappa shape index (κ3) is 3.59. The summed E-state index contributed by atoms with van der Waals surface area (Å²) in [7, 11) is -3.29. The largest absolute Gasteiger partial charge is 0.354 e. The number of hydrogen-bond donors (Lipinski definition) is 0. The quantitative estimate of drug-likeness (QED) is 0.821. The first kappa shape index (κ1) is 17.4. The van der Waals surface area contributed by atoms with Crippen molar-refractivity contribution in [3.63, 3.8) is 0 Å². The van der Waals surface area contributed by atoms with Crippen LogP contribution in [0.15, 0.2) is 36.7 Å². The minimum Gasteiger partial charge on any atom is -0.354 e. The second-order valence-corrected chi connectivity index (χ2v) is 8.93. The molecule has 2 heterocycles.